The monoisotopic (exact) mass is 338 g/mol. The van der Waals surface area contributed by atoms with Gasteiger partial charge in [-0.1, -0.05) is 15.9 Å². The quantitative estimate of drug-likeness (QED) is 0.901. The Labute approximate surface area is 121 Å². The van der Waals surface area contributed by atoms with Crippen LogP contribution in [0.1, 0.15) is 20.7 Å². The zero-order chi connectivity index (χ0) is 14.7. The Morgan fingerprint density at radius 1 is 1.25 bits per heavy atom. The standard InChI is InChI=1S/C13H8BrFN2O3/c14-8-1-2-11(10(4-8)13(19)20)17-12(18)7-3-9(15)6-16-5-7/h1-6H,(H,17,18)(H,19,20). The lowest BCUT2D eigenvalue weighted by Gasteiger charge is -2.08. The Morgan fingerprint density at radius 2 is 2.00 bits per heavy atom. The molecule has 7 heteroatoms. The molecular weight excluding hydrogens is 331 g/mol. The molecule has 1 aromatic carbocycles. The van der Waals surface area contributed by atoms with E-state index in [-0.39, 0.29) is 16.8 Å². The number of anilines is 1. The van der Waals surface area contributed by atoms with Gasteiger partial charge in [-0.15, -0.1) is 0 Å². The summed E-state index contributed by atoms with van der Waals surface area (Å²) in [5, 5.41) is 11.5. The average Bonchev–Trinajstić information content (AvgIpc) is 2.40. The number of nitrogens with zero attached hydrogens (tertiary/aromatic N) is 1. The van der Waals surface area contributed by atoms with Crippen molar-refractivity contribution in [3.63, 3.8) is 0 Å². The largest absolute Gasteiger partial charge is 0.478 e. The molecule has 0 aliphatic carbocycles. The van der Waals surface area contributed by atoms with Gasteiger partial charge in [0.15, 0.2) is 0 Å². The summed E-state index contributed by atoms with van der Waals surface area (Å²) in [5.74, 6) is -2.47. The number of halogens is 2. The Bertz CT molecular complexity index is 691. The van der Waals surface area contributed by atoms with E-state index in [1.165, 1.54) is 18.3 Å². The van der Waals surface area contributed by atoms with Crippen LogP contribution in [0.25, 0.3) is 0 Å². The van der Waals surface area contributed by atoms with Gasteiger partial charge in [0, 0.05) is 10.7 Å². The minimum Gasteiger partial charge on any atom is -0.478 e. The van der Waals surface area contributed by atoms with E-state index in [0.717, 1.165) is 12.3 Å². The molecule has 0 fully saturated rings. The van der Waals surface area contributed by atoms with Crippen LogP contribution >= 0.6 is 15.9 Å². The van der Waals surface area contributed by atoms with Gasteiger partial charge in [0.2, 0.25) is 0 Å². The maximum absolute atomic E-state index is 13.0. The number of carbonyl (C=O) groups is 2. The third-order valence-electron chi connectivity index (χ3n) is 2.43. The number of amides is 1. The number of benzene rings is 1. The highest BCUT2D eigenvalue weighted by Gasteiger charge is 2.14. The molecule has 0 bridgehead atoms. The number of carboxylic acids is 1. The van der Waals surface area contributed by atoms with Crippen molar-refractivity contribution in [1.82, 2.24) is 4.98 Å². The predicted molar refractivity (Wildman–Crippen MR) is 73.2 cm³/mol. The van der Waals surface area contributed by atoms with Gasteiger partial charge in [-0.25, -0.2) is 9.18 Å². The fraction of sp³-hybridized carbons (Fsp3) is 0. The van der Waals surface area contributed by atoms with E-state index in [4.69, 9.17) is 5.11 Å². The van der Waals surface area contributed by atoms with Crippen molar-refractivity contribution in [3.05, 3.63) is 58.1 Å². The molecule has 0 spiro atoms. The lowest BCUT2D eigenvalue weighted by Crippen LogP contribution is -2.15. The zero-order valence-corrected chi connectivity index (χ0v) is 11.5. The molecule has 2 N–H and O–H groups in total. The first-order chi connectivity index (χ1) is 9.47. The maximum Gasteiger partial charge on any atom is 0.337 e. The molecule has 1 aromatic heterocycles. The van der Waals surface area contributed by atoms with Gasteiger partial charge in [-0.2, -0.15) is 0 Å². The van der Waals surface area contributed by atoms with Gasteiger partial charge in [-0.3, -0.25) is 9.78 Å². The molecule has 102 valence electrons. The normalized spacial score (nSPS) is 10.1. The van der Waals surface area contributed by atoms with Crippen LogP contribution in [-0.4, -0.2) is 22.0 Å². The number of rotatable bonds is 3. The molecular formula is C13H8BrFN2O3. The van der Waals surface area contributed by atoms with Crippen molar-refractivity contribution in [2.24, 2.45) is 0 Å². The van der Waals surface area contributed by atoms with Crippen molar-refractivity contribution in [2.75, 3.05) is 5.32 Å². The van der Waals surface area contributed by atoms with Gasteiger partial charge in [0.05, 0.1) is 23.0 Å². The summed E-state index contributed by atoms with van der Waals surface area (Å²) in [4.78, 5) is 26.6. The number of pyridine rings is 1. The highest BCUT2D eigenvalue weighted by atomic mass is 79.9. The van der Waals surface area contributed by atoms with Crippen LogP contribution in [0.5, 0.6) is 0 Å². The SMILES string of the molecule is O=C(Nc1ccc(Br)cc1C(=O)O)c1cncc(F)c1. The summed E-state index contributed by atoms with van der Waals surface area (Å²) < 4.78 is 13.6. The number of hydrogen-bond donors (Lipinski definition) is 2. The Hall–Kier alpha value is -2.28. The second-order valence-electron chi connectivity index (χ2n) is 3.84. The zero-order valence-electron chi connectivity index (χ0n) is 9.93. The van der Waals surface area contributed by atoms with Gasteiger partial charge < -0.3 is 10.4 Å². The number of aromatic carboxylic acids is 1. The first-order valence-electron chi connectivity index (χ1n) is 5.42. The van der Waals surface area contributed by atoms with Crippen LogP contribution in [0.15, 0.2) is 41.1 Å². The van der Waals surface area contributed by atoms with Crippen molar-refractivity contribution in [1.29, 1.82) is 0 Å². The van der Waals surface area contributed by atoms with Crippen molar-refractivity contribution in [2.45, 2.75) is 0 Å². The summed E-state index contributed by atoms with van der Waals surface area (Å²) in [6, 6.07) is 5.41. The molecule has 0 radical (unpaired) electrons. The van der Waals surface area contributed by atoms with Crippen LogP contribution in [0, 0.1) is 5.82 Å². The number of aromatic nitrogens is 1. The fourth-order valence-electron chi connectivity index (χ4n) is 1.53. The minimum atomic E-state index is -1.18. The third-order valence-corrected chi connectivity index (χ3v) is 2.92. The first kappa shape index (κ1) is 14.1. The van der Waals surface area contributed by atoms with Crippen molar-refractivity contribution in [3.8, 4) is 0 Å². The highest BCUT2D eigenvalue weighted by Crippen LogP contribution is 2.21. The molecule has 2 rings (SSSR count). The van der Waals surface area contributed by atoms with Gasteiger partial charge in [-0.05, 0) is 24.3 Å². The third kappa shape index (κ3) is 3.18. The predicted octanol–water partition coefficient (Wildman–Crippen LogP) is 2.93. The molecule has 0 saturated carbocycles. The molecule has 5 nitrogen and oxygen atoms in total. The van der Waals surface area contributed by atoms with Crippen LogP contribution in [0.4, 0.5) is 10.1 Å². The molecule has 2 aromatic rings. The lowest BCUT2D eigenvalue weighted by molar-refractivity contribution is 0.0698. The highest BCUT2D eigenvalue weighted by molar-refractivity contribution is 9.10. The summed E-state index contributed by atoms with van der Waals surface area (Å²) in [6.07, 6.45) is 2.16. The first-order valence-corrected chi connectivity index (χ1v) is 6.21. The van der Waals surface area contributed by atoms with E-state index < -0.39 is 17.7 Å². The van der Waals surface area contributed by atoms with Crippen LogP contribution in [0.2, 0.25) is 0 Å². The Morgan fingerprint density at radius 3 is 2.65 bits per heavy atom. The summed E-state index contributed by atoms with van der Waals surface area (Å²) in [5.41, 5.74) is 0.0521. The van der Waals surface area contributed by atoms with E-state index in [1.54, 1.807) is 6.07 Å². The molecule has 0 saturated heterocycles. The molecule has 1 amide bonds. The molecule has 20 heavy (non-hydrogen) atoms. The molecule has 0 aliphatic rings. The smallest absolute Gasteiger partial charge is 0.337 e. The topological polar surface area (TPSA) is 79.3 Å². The Kier molecular flexibility index (Phi) is 4.09. The van der Waals surface area contributed by atoms with E-state index in [1.807, 2.05) is 0 Å². The average molecular weight is 339 g/mol. The van der Waals surface area contributed by atoms with Crippen molar-refractivity contribution >= 4 is 33.5 Å². The van der Waals surface area contributed by atoms with Crippen LogP contribution in [-0.2, 0) is 0 Å². The maximum atomic E-state index is 13.0. The molecule has 0 aliphatic heterocycles. The fourth-order valence-corrected chi connectivity index (χ4v) is 1.89. The van der Waals surface area contributed by atoms with Gasteiger partial charge in [0.25, 0.3) is 5.91 Å². The summed E-state index contributed by atoms with van der Waals surface area (Å²) in [6.45, 7) is 0. The number of nitrogens with one attached hydrogen (secondary N) is 1. The number of carboxylic acid groups (broad SMARTS) is 1. The second-order valence-corrected chi connectivity index (χ2v) is 4.76. The van der Waals surface area contributed by atoms with E-state index in [2.05, 4.69) is 26.2 Å². The minimum absolute atomic E-state index is 0.00394. The van der Waals surface area contributed by atoms with Crippen molar-refractivity contribution < 1.29 is 19.1 Å². The summed E-state index contributed by atoms with van der Waals surface area (Å²) in [7, 11) is 0. The van der Waals surface area contributed by atoms with E-state index in [9.17, 15) is 14.0 Å². The number of hydrogen-bond acceptors (Lipinski definition) is 3. The van der Waals surface area contributed by atoms with E-state index in [0.29, 0.717) is 4.47 Å². The molecule has 0 atom stereocenters. The Balaban J connectivity index is 2.30. The van der Waals surface area contributed by atoms with Gasteiger partial charge in [0.1, 0.15) is 5.82 Å². The van der Waals surface area contributed by atoms with Crippen LogP contribution < -0.4 is 5.32 Å². The summed E-state index contributed by atoms with van der Waals surface area (Å²) >= 11 is 3.15. The molecule has 0 unspecified atom stereocenters. The lowest BCUT2D eigenvalue weighted by atomic mass is 10.1. The van der Waals surface area contributed by atoms with E-state index >= 15 is 0 Å². The number of carbonyl (C=O) groups excluding carboxylic acids is 1. The second kappa shape index (κ2) is 5.79. The molecule has 1 heterocycles. The van der Waals surface area contributed by atoms with Gasteiger partial charge >= 0.3 is 5.97 Å². The van der Waals surface area contributed by atoms with Crippen LogP contribution in [0.3, 0.4) is 0 Å².